The van der Waals surface area contributed by atoms with Gasteiger partial charge in [-0.25, -0.2) is 14.0 Å². The van der Waals surface area contributed by atoms with Gasteiger partial charge in [-0.3, -0.25) is 15.0 Å². The number of ketones is 1. The number of Topliss-reactive ketones (excluding diaryl/α,β-unsaturated/α-hetero) is 1. The molecule has 0 saturated carbocycles. The molecule has 0 aliphatic carbocycles. The van der Waals surface area contributed by atoms with Gasteiger partial charge in [-0.1, -0.05) is 32.0 Å². The van der Waals surface area contributed by atoms with Crippen molar-refractivity contribution in [3.8, 4) is 11.5 Å². The number of hydrogen-bond acceptors (Lipinski definition) is 7. The molecular weight excluding hydrogens is 505 g/mol. The Morgan fingerprint density at radius 2 is 1.67 bits per heavy atom. The number of esters is 1. The van der Waals surface area contributed by atoms with Crippen LogP contribution in [0.3, 0.4) is 0 Å². The molecule has 0 aromatic heterocycles. The number of nitrogens with one attached hydrogen (secondary N) is 1. The number of nitrogens with two attached hydrogens (primary N) is 1. The fraction of sp³-hybridized carbons (Fsp3) is 0.276. The summed E-state index contributed by atoms with van der Waals surface area (Å²) in [4.78, 5) is 37.6. The molecule has 3 rings (SSSR count). The van der Waals surface area contributed by atoms with Crippen LogP contribution in [-0.2, 0) is 16.0 Å². The fourth-order valence-corrected chi connectivity index (χ4v) is 3.87. The van der Waals surface area contributed by atoms with Gasteiger partial charge in [0, 0.05) is 12.3 Å². The maximum absolute atomic E-state index is 14.4. The van der Waals surface area contributed by atoms with Crippen LogP contribution in [-0.4, -0.2) is 44.8 Å². The van der Waals surface area contributed by atoms with Crippen LogP contribution < -0.4 is 25.4 Å². The predicted octanol–water partition coefficient (Wildman–Crippen LogP) is 4.60. The Labute approximate surface area is 226 Å². The highest BCUT2D eigenvalue weighted by atomic mass is 19.1. The normalized spacial score (nSPS) is 11.5. The molecule has 10 heteroatoms. The number of urea groups is 1. The lowest BCUT2D eigenvalue weighted by Crippen LogP contribution is -2.42. The number of halogens is 1. The van der Waals surface area contributed by atoms with Crippen molar-refractivity contribution in [1.82, 2.24) is 5.32 Å². The zero-order valence-corrected chi connectivity index (χ0v) is 22.3. The van der Waals surface area contributed by atoms with Crippen molar-refractivity contribution in [2.24, 2.45) is 11.7 Å². The number of para-hydroxylation sites is 1. The van der Waals surface area contributed by atoms with Crippen LogP contribution in [0.1, 0.15) is 29.8 Å². The van der Waals surface area contributed by atoms with E-state index in [9.17, 15) is 18.8 Å². The van der Waals surface area contributed by atoms with Crippen molar-refractivity contribution < 1.29 is 33.0 Å². The van der Waals surface area contributed by atoms with E-state index in [1.54, 1.807) is 48.5 Å². The van der Waals surface area contributed by atoms with Crippen molar-refractivity contribution in [3.05, 3.63) is 83.7 Å². The van der Waals surface area contributed by atoms with Crippen molar-refractivity contribution in [2.75, 3.05) is 25.7 Å². The summed E-state index contributed by atoms with van der Waals surface area (Å²) in [6.07, 6.45) is -0.377. The van der Waals surface area contributed by atoms with Crippen molar-refractivity contribution in [2.45, 2.75) is 26.5 Å². The Morgan fingerprint density at radius 3 is 2.26 bits per heavy atom. The van der Waals surface area contributed by atoms with Gasteiger partial charge in [0.05, 0.1) is 37.7 Å². The first-order valence-electron chi connectivity index (χ1n) is 12.3. The molecule has 1 unspecified atom stereocenters. The van der Waals surface area contributed by atoms with Crippen molar-refractivity contribution >= 4 is 29.2 Å². The Balaban J connectivity index is 1.67. The highest BCUT2D eigenvalue weighted by molar-refractivity contribution is 6.00. The van der Waals surface area contributed by atoms with E-state index in [-0.39, 0.29) is 41.8 Å². The molecule has 9 nitrogen and oxygen atoms in total. The number of ether oxygens (including phenoxy) is 3. The third-order valence-corrected chi connectivity index (χ3v) is 5.84. The van der Waals surface area contributed by atoms with E-state index in [1.165, 1.54) is 32.4 Å². The van der Waals surface area contributed by atoms with Crippen LogP contribution in [0.25, 0.3) is 0 Å². The number of carbonyl (C=O) groups excluding carboxylic acids is 3. The SMILES string of the molecule is COC(=O)c1ccc(OC(NCC(=O)Cc2ccc(N(C(N)=O)c3ccccc3F)c(OC)c2)C(C)C)cc1. The average Bonchev–Trinajstić information content (AvgIpc) is 2.92. The van der Waals surface area contributed by atoms with Gasteiger partial charge >= 0.3 is 12.0 Å². The first-order valence-corrected chi connectivity index (χ1v) is 12.3. The number of rotatable bonds is 12. The average molecular weight is 538 g/mol. The molecular formula is C29H32FN3O6. The Kier molecular flexibility index (Phi) is 9.99. The van der Waals surface area contributed by atoms with Crippen LogP contribution >= 0.6 is 0 Å². The van der Waals surface area contributed by atoms with Crippen molar-refractivity contribution in [1.29, 1.82) is 0 Å². The van der Waals surface area contributed by atoms with Gasteiger partial charge in [0.2, 0.25) is 0 Å². The second-order valence-corrected chi connectivity index (χ2v) is 9.03. The third-order valence-electron chi connectivity index (χ3n) is 5.84. The maximum Gasteiger partial charge on any atom is 0.337 e. The number of anilines is 2. The zero-order chi connectivity index (χ0) is 28.5. The first-order chi connectivity index (χ1) is 18.6. The second kappa shape index (κ2) is 13.4. The topological polar surface area (TPSA) is 120 Å². The smallest absolute Gasteiger partial charge is 0.337 e. The molecule has 3 aromatic rings. The molecule has 0 bridgehead atoms. The van der Waals surface area contributed by atoms with E-state index in [0.29, 0.717) is 16.9 Å². The first kappa shape index (κ1) is 29.1. The third kappa shape index (κ3) is 7.55. The standard InChI is InChI=1S/C29H32FN3O6/c1-18(2)27(39-22-12-10-20(11-13-22)28(35)38-4)32-17-21(34)15-19-9-14-25(26(16-19)37-3)33(29(31)36)24-8-6-5-7-23(24)30/h5-14,16,18,27,32H,15,17H2,1-4H3,(H2,31,36). The van der Waals surface area contributed by atoms with Gasteiger partial charge in [-0.05, 0) is 54.1 Å². The van der Waals surface area contributed by atoms with Crippen LogP contribution in [0.5, 0.6) is 11.5 Å². The Morgan fingerprint density at radius 1 is 0.974 bits per heavy atom. The van der Waals surface area contributed by atoms with Gasteiger partial charge in [0.15, 0.2) is 12.0 Å². The molecule has 0 saturated heterocycles. The van der Waals surface area contributed by atoms with E-state index in [2.05, 4.69) is 5.32 Å². The maximum atomic E-state index is 14.4. The van der Waals surface area contributed by atoms with Crippen LogP contribution in [0.15, 0.2) is 66.7 Å². The van der Waals surface area contributed by atoms with Gasteiger partial charge in [0.25, 0.3) is 0 Å². The summed E-state index contributed by atoms with van der Waals surface area (Å²) in [5.74, 6) is -0.337. The summed E-state index contributed by atoms with van der Waals surface area (Å²) < 4.78 is 30.5. The molecule has 3 N–H and O–H groups in total. The summed E-state index contributed by atoms with van der Waals surface area (Å²) >= 11 is 0. The van der Waals surface area contributed by atoms with Crippen LogP contribution in [0.4, 0.5) is 20.6 Å². The molecule has 0 fully saturated rings. The minimum Gasteiger partial charge on any atom is -0.495 e. The molecule has 39 heavy (non-hydrogen) atoms. The largest absolute Gasteiger partial charge is 0.495 e. The monoisotopic (exact) mass is 537 g/mol. The fourth-order valence-electron chi connectivity index (χ4n) is 3.87. The molecule has 206 valence electrons. The minimum absolute atomic E-state index is 0.0176. The van der Waals surface area contributed by atoms with E-state index >= 15 is 0 Å². The van der Waals surface area contributed by atoms with Crippen molar-refractivity contribution in [3.63, 3.8) is 0 Å². The number of primary amides is 1. The number of carbonyl (C=O) groups is 3. The second-order valence-electron chi connectivity index (χ2n) is 9.03. The van der Waals surface area contributed by atoms with E-state index in [0.717, 1.165) is 4.90 Å². The Hall–Kier alpha value is -4.44. The Bertz CT molecular complexity index is 1310. The quantitative estimate of drug-likeness (QED) is 0.256. The van der Waals surface area contributed by atoms with E-state index < -0.39 is 24.0 Å². The van der Waals surface area contributed by atoms with Crippen LogP contribution in [0, 0.1) is 11.7 Å². The van der Waals surface area contributed by atoms with Gasteiger partial charge in [-0.15, -0.1) is 0 Å². The summed E-state index contributed by atoms with van der Waals surface area (Å²) in [7, 11) is 2.73. The molecule has 0 spiro atoms. The molecule has 1 atom stereocenters. The van der Waals surface area contributed by atoms with E-state index in [1.807, 2.05) is 13.8 Å². The van der Waals surface area contributed by atoms with E-state index in [4.69, 9.17) is 19.9 Å². The molecule has 2 amide bonds. The number of methoxy groups -OCH3 is 2. The lowest BCUT2D eigenvalue weighted by molar-refractivity contribution is -0.118. The molecule has 0 aliphatic heterocycles. The number of benzene rings is 3. The van der Waals surface area contributed by atoms with Crippen LogP contribution in [0.2, 0.25) is 0 Å². The highest BCUT2D eigenvalue weighted by Gasteiger charge is 2.23. The molecule has 0 radical (unpaired) electrons. The molecule has 0 heterocycles. The number of hydrogen-bond donors (Lipinski definition) is 2. The number of nitrogens with zero attached hydrogens (tertiary/aromatic N) is 1. The summed E-state index contributed by atoms with van der Waals surface area (Å²) in [6.45, 7) is 3.94. The van der Waals surface area contributed by atoms with Gasteiger partial charge in [-0.2, -0.15) is 0 Å². The minimum atomic E-state index is -0.883. The summed E-state index contributed by atoms with van der Waals surface area (Å²) in [6, 6.07) is 16.2. The highest BCUT2D eigenvalue weighted by Crippen LogP contribution is 2.35. The summed E-state index contributed by atoms with van der Waals surface area (Å²) in [5.41, 5.74) is 6.83. The summed E-state index contributed by atoms with van der Waals surface area (Å²) in [5, 5.41) is 3.13. The molecule has 0 aliphatic rings. The predicted molar refractivity (Wildman–Crippen MR) is 145 cm³/mol. The lowest BCUT2D eigenvalue weighted by Gasteiger charge is -2.24. The lowest BCUT2D eigenvalue weighted by atomic mass is 10.1. The van der Waals surface area contributed by atoms with Gasteiger partial charge in [0.1, 0.15) is 17.3 Å². The number of amides is 2. The molecule has 3 aromatic carbocycles. The zero-order valence-electron chi connectivity index (χ0n) is 22.3. The van der Waals surface area contributed by atoms with Gasteiger partial charge < -0.3 is 19.9 Å².